The van der Waals surface area contributed by atoms with Crippen LogP contribution in [-0.2, 0) is 6.54 Å². The molecule has 108 valence electrons. The molecule has 0 radical (unpaired) electrons. The third-order valence-corrected chi connectivity index (χ3v) is 5.38. The molecule has 20 heavy (non-hydrogen) atoms. The normalized spacial score (nSPS) is 19.4. The highest BCUT2D eigenvalue weighted by atomic mass is 35.5. The first-order valence-corrected chi connectivity index (χ1v) is 8.56. The molecule has 0 aromatic heterocycles. The zero-order valence-electron chi connectivity index (χ0n) is 11.5. The first-order valence-electron chi connectivity index (χ1n) is 7.20. The van der Waals surface area contributed by atoms with Crippen LogP contribution in [0.1, 0.15) is 24.8 Å². The topological polar surface area (TPSA) is 23.6 Å². The van der Waals surface area contributed by atoms with Crippen LogP contribution >= 0.6 is 23.4 Å². The molecule has 2 aliphatic rings. The summed E-state index contributed by atoms with van der Waals surface area (Å²) in [5, 5.41) is 0.772. The average Bonchev–Trinajstić information content (AvgIpc) is 2.71. The molecule has 3 nitrogen and oxygen atoms in total. The van der Waals surface area contributed by atoms with Gasteiger partial charge in [0.1, 0.15) is 0 Å². The van der Waals surface area contributed by atoms with E-state index in [1.165, 1.54) is 11.3 Å². The summed E-state index contributed by atoms with van der Waals surface area (Å²) in [6.07, 6.45) is 3.51. The van der Waals surface area contributed by atoms with Crippen LogP contribution in [0.15, 0.2) is 23.1 Å². The monoisotopic (exact) mass is 310 g/mol. The predicted molar refractivity (Wildman–Crippen MR) is 83.4 cm³/mol. The van der Waals surface area contributed by atoms with Crippen LogP contribution in [0.2, 0.25) is 5.02 Å². The summed E-state index contributed by atoms with van der Waals surface area (Å²) in [4.78, 5) is 17.8. The second kappa shape index (κ2) is 6.27. The highest BCUT2D eigenvalue weighted by Crippen LogP contribution is 2.32. The smallest absolute Gasteiger partial charge is 0.320 e. The minimum absolute atomic E-state index is 0.179. The van der Waals surface area contributed by atoms with E-state index in [-0.39, 0.29) is 6.03 Å². The zero-order chi connectivity index (χ0) is 13.9. The van der Waals surface area contributed by atoms with Gasteiger partial charge in [-0.2, -0.15) is 0 Å². The molecule has 0 aliphatic carbocycles. The molecular formula is C15H19ClN2OS. The molecule has 0 saturated carbocycles. The van der Waals surface area contributed by atoms with Gasteiger partial charge in [0, 0.05) is 40.9 Å². The van der Waals surface area contributed by atoms with Gasteiger partial charge in [0.15, 0.2) is 0 Å². The number of rotatable bonds is 0. The van der Waals surface area contributed by atoms with Crippen LogP contribution < -0.4 is 0 Å². The van der Waals surface area contributed by atoms with Crippen LogP contribution in [0.4, 0.5) is 4.79 Å². The standard InChI is InChI=1S/C15H19ClN2OS/c16-13-5-4-6-14-12(13)11-18(9-10-20-14)15(19)17-7-2-1-3-8-17/h4-6H,1-3,7-11H2. The highest BCUT2D eigenvalue weighted by Gasteiger charge is 2.25. The Morgan fingerprint density at radius 2 is 1.90 bits per heavy atom. The number of carbonyl (C=O) groups excluding carboxylic acids is 1. The van der Waals surface area contributed by atoms with Crippen LogP contribution in [0.5, 0.6) is 0 Å². The van der Waals surface area contributed by atoms with Crippen molar-refractivity contribution in [1.29, 1.82) is 0 Å². The van der Waals surface area contributed by atoms with Gasteiger partial charge < -0.3 is 9.80 Å². The van der Waals surface area contributed by atoms with Crippen molar-refractivity contribution < 1.29 is 4.79 Å². The summed E-state index contributed by atoms with van der Waals surface area (Å²) < 4.78 is 0. The molecular weight excluding hydrogens is 292 g/mol. The SMILES string of the molecule is O=C(N1CCCCC1)N1CCSc2cccc(Cl)c2C1. The number of amides is 2. The Hall–Kier alpha value is -0.870. The van der Waals surface area contributed by atoms with E-state index < -0.39 is 0 Å². The fraction of sp³-hybridized carbons (Fsp3) is 0.533. The summed E-state index contributed by atoms with van der Waals surface area (Å²) in [5.41, 5.74) is 1.10. The molecule has 5 heteroatoms. The van der Waals surface area contributed by atoms with Gasteiger partial charge in [0.05, 0.1) is 6.54 Å². The zero-order valence-corrected chi connectivity index (χ0v) is 13.1. The molecule has 0 atom stereocenters. The number of fused-ring (bicyclic) bond motifs is 1. The lowest BCUT2D eigenvalue weighted by Gasteiger charge is -2.32. The number of thioether (sulfide) groups is 1. The Morgan fingerprint density at radius 1 is 1.10 bits per heavy atom. The molecule has 0 bridgehead atoms. The van der Waals surface area contributed by atoms with E-state index in [4.69, 9.17) is 11.6 Å². The van der Waals surface area contributed by atoms with E-state index in [1.54, 1.807) is 11.8 Å². The van der Waals surface area contributed by atoms with Crippen LogP contribution in [0, 0.1) is 0 Å². The van der Waals surface area contributed by atoms with Gasteiger partial charge in [-0.3, -0.25) is 0 Å². The molecule has 2 aliphatic heterocycles. The van der Waals surface area contributed by atoms with Crippen molar-refractivity contribution in [3.8, 4) is 0 Å². The number of hydrogen-bond donors (Lipinski definition) is 0. The number of benzene rings is 1. The van der Waals surface area contributed by atoms with E-state index in [1.807, 2.05) is 21.9 Å². The number of carbonyl (C=O) groups is 1. The number of piperidine rings is 1. The maximum Gasteiger partial charge on any atom is 0.320 e. The lowest BCUT2D eigenvalue weighted by Crippen LogP contribution is -2.45. The van der Waals surface area contributed by atoms with Crippen molar-refractivity contribution >= 4 is 29.4 Å². The number of nitrogens with zero attached hydrogens (tertiary/aromatic N) is 2. The number of halogens is 1. The van der Waals surface area contributed by atoms with Crippen molar-refractivity contribution in [2.75, 3.05) is 25.4 Å². The largest absolute Gasteiger partial charge is 0.325 e. The lowest BCUT2D eigenvalue weighted by atomic mass is 10.1. The number of likely N-dealkylation sites (tertiary alicyclic amines) is 1. The highest BCUT2D eigenvalue weighted by molar-refractivity contribution is 7.99. The van der Waals surface area contributed by atoms with E-state index in [0.29, 0.717) is 6.54 Å². The third-order valence-electron chi connectivity index (χ3n) is 3.94. The number of urea groups is 1. The summed E-state index contributed by atoms with van der Waals surface area (Å²) in [6, 6.07) is 6.17. The minimum atomic E-state index is 0.179. The number of hydrogen-bond acceptors (Lipinski definition) is 2. The third kappa shape index (κ3) is 2.91. The molecule has 3 rings (SSSR count). The first kappa shape index (κ1) is 14.1. The van der Waals surface area contributed by atoms with Gasteiger partial charge in [-0.05, 0) is 31.4 Å². The fourth-order valence-corrected chi connectivity index (χ4v) is 4.16. The van der Waals surface area contributed by atoms with Gasteiger partial charge in [-0.15, -0.1) is 11.8 Å². The van der Waals surface area contributed by atoms with Crippen LogP contribution in [-0.4, -0.2) is 41.2 Å². The Kier molecular flexibility index (Phi) is 4.41. The van der Waals surface area contributed by atoms with Crippen molar-refractivity contribution in [2.24, 2.45) is 0 Å². The van der Waals surface area contributed by atoms with Gasteiger partial charge in [-0.1, -0.05) is 17.7 Å². The van der Waals surface area contributed by atoms with Crippen LogP contribution in [0.3, 0.4) is 0 Å². The van der Waals surface area contributed by atoms with E-state index in [9.17, 15) is 4.79 Å². The quantitative estimate of drug-likeness (QED) is 0.726. The van der Waals surface area contributed by atoms with Crippen molar-refractivity contribution in [3.63, 3.8) is 0 Å². The summed E-state index contributed by atoms with van der Waals surface area (Å²) in [5.74, 6) is 0.937. The van der Waals surface area contributed by atoms with Crippen molar-refractivity contribution in [1.82, 2.24) is 9.80 Å². The van der Waals surface area contributed by atoms with Gasteiger partial charge in [0.25, 0.3) is 0 Å². The molecule has 1 aromatic rings. The van der Waals surface area contributed by atoms with Gasteiger partial charge in [-0.25, -0.2) is 4.79 Å². The van der Waals surface area contributed by atoms with Crippen molar-refractivity contribution in [2.45, 2.75) is 30.7 Å². The summed E-state index contributed by atoms with van der Waals surface area (Å²) in [6.45, 7) is 3.23. The Morgan fingerprint density at radius 3 is 2.70 bits per heavy atom. The van der Waals surface area contributed by atoms with Crippen LogP contribution in [0.25, 0.3) is 0 Å². The molecule has 0 spiro atoms. The predicted octanol–water partition coefficient (Wildman–Crippen LogP) is 3.85. The molecule has 0 unspecified atom stereocenters. The van der Waals surface area contributed by atoms with E-state index in [0.717, 1.165) is 48.8 Å². The van der Waals surface area contributed by atoms with Gasteiger partial charge >= 0.3 is 6.03 Å². The molecule has 0 N–H and O–H groups in total. The Labute approximate surface area is 129 Å². The maximum absolute atomic E-state index is 12.6. The van der Waals surface area contributed by atoms with Gasteiger partial charge in [0.2, 0.25) is 0 Å². The maximum atomic E-state index is 12.6. The lowest BCUT2D eigenvalue weighted by molar-refractivity contribution is 0.144. The van der Waals surface area contributed by atoms with Crippen molar-refractivity contribution in [3.05, 3.63) is 28.8 Å². The van der Waals surface area contributed by atoms with E-state index in [2.05, 4.69) is 6.07 Å². The summed E-state index contributed by atoms with van der Waals surface area (Å²) in [7, 11) is 0. The summed E-state index contributed by atoms with van der Waals surface area (Å²) >= 11 is 8.10. The molecule has 1 fully saturated rings. The Bertz CT molecular complexity index is 503. The Balaban J connectivity index is 1.78. The van der Waals surface area contributed by atoms with E-state index >= 15 is 0 Å². The molecule has 1 aromatic carbocycles. The second-order valence-electron chi connectivity index (χ2n) is 5.32. The molecule has 1 saturated heterocycles. The second-order valence-corrected chi connectivity index (χ2v) is 6.86. The first-order chi connectivity index (χ1) is 9.75. The fourth-order valence-electron chi connectivity index (χ4n) is 2.81. The molecule has 2 amide bonds. The molecule has 2 heterocycles. The minimum Gasteiger partial charge on any atom is -0.325 e. The average molecular weight is 311 g/mol.